The van der Waals surface area contributed by atoms with Crippen LogP contribution in [0.1, 0.15) is 11.6 Å². The second kappa shape index (κ2) is 12.3. The third-order valence-corrected chi connectivity index (χ3v) is 4.51. The lowest BCUT2D eigenvalue weighted by molar-refractivity contribution is -0.120. The van der Waals surface area contributed by atoms with Gasteiger partial charge in [-0.25, -0.2) is 0 Å². The normalized spacial score (nSPS) is 14.3. The summed E-state index contributed by atoms with van der Waals surface area (Å²) in [5.74, 6) is -1.33. The molecule has 2 atom stereocenters. The molecule has 0 unspecified atom stereocenters. The summed E-state index contributed by atoms with van der Waals surface area (Å²) >= 11 is 33.8. The quantitative estimate of drug-likeness (QED) is 0.179. The number of carbonyl (C=O) groups is 1. The maximum Gasteiger partial charge on any atom is 0.272 e. The van der Waals surface area contributed by atoms with E-state index in [9.17, 15) is 4.79 Å². The lowest BCUT2D eigenvalue weighted by atomic mass is 9.98. The Morgan fingerprint density at radius 1 is 1.14 bits per heavy atom. The molecule has 0 saturated carbocycles. The summed E-state index contributed by atoms with van der Waals surface area (Å²) in [5.41, 5.74) is 0.878. The van der Waals surface area contributed by atoms with E-state index in [1.165, 1.54) is 0 Å². The molecule has 1 rings (SSSR count). The van der Waals surface area contributed by atoms with Crippen LogP contribution in [0.3, 0.4) is 0 Å². The Morgan fingerprint density at radius 2 is 1.76 bits per heavy atom. The predicted octanol–water partition coefficient (Wildman–Crippen LogP) is 5.28. The molecule has 5 nitrogen and oxygen atoms in total. The number of benzene rings is 1. The highest BCUT2D eigenvalue weighted by atomic mass is 35.6. The molecule has 0 aliphatic heterocycles. The largest absolute Gasteiger partial charge is 0.474 e. The zero-order chi connectivity index (χ0) is 22.1. The number of hydrogen-bond acceptors (Lipinski definition) is 4. The third-order valence-electron chi connectivity index (χ3n) is 3.48. The van der Waals surface area contributed by atoms with Crippen molar-refractivity contribution in [3.63, 3.8) is 0 Å². The van der Waals surface area contributed by atoms with Crippen molar-refractivity contribution in [2.75, 3.05) is 13.2 Å². The van der Waals surface area contributed by atoms with Gasteiger partial charge in [0.1, 0.15) is 6.61 Å². The Balaban J connectivity index is 3.06. The zero-order valence-corrected chi connectivity index (χ0v) is 19.5. The molecule has 11 heteroatoms. The summed E-state index contributed by atoms with van der Waals surface area (Å²) in [6, 6.07) is 8.35. The summed E-state index contributed by atoms with van der Waals surface area (Å²) in [4.78, 5) is 12.3. The van der Waals surface area contributed by atoms with Gasteiger partial charge in [0.25, 0.3) is 13.5 Å². The average molecular weight is 522 g/mol. The molecule has 1 aromatic carbocycles. The Bertz CT molecular complexity index is 717. The van der Waals surface area contributed by atoms with Gasteiger partial charge in [-0.3, -0.25) is 10.2 Å². The minimum Gasteiger partial charge on any atom is -0.474 e. The van der Waals surface area contributed by atoms with Crippen LogP contribution in [0.2, 0.25) is 0 Å². The van der Waals surface area contributed by atoms with Crippen molar-refractivity contribution in [1.29, 1.82) is 5.41 Å². The molecule has 160 valence electrons. The second-order valence-corrected chi connectivity index (χ2v) is 10.2. The molecule has 3 N–H and O–H groups in total. The van der Waals surface area contributed by atoms with E-state index in [0.29, 0.717) is 6.54 Å². The second-order valence-electron chi connectivity index (χ2n) is 5.65. The van der Waals surface area contributed by atoms with Crippen LogP contribution in [-0.4, -0.2) is 38.6 Å². The molecule has 0 fully saturated rings. The smallest absolute Gasteiger partial charge is 0.272 e. The average Bonchev–Trinajstić information content (AvgIpc) is 2.64. The summed E-state index contributed by atoms with van der Waals surface area (Å²) in [6.45, 7) is 4.08. The van der Waals surface area contributed by atoms with Crippen LogP contribution in [0.25, 0.3) is 0 Å². The van der Waals surface area contributed by atoms with E-state index in [0.717, 1.165) is 5.56 Å². The minimum absolute atomic E-state index is 0.0736. The summed E-state index contributed by atoms with van der Waals surface area (Å²) in [5, 5.41) is 13.5. The van der Waals surface area contributed by atoms with Crippen LogP contribution < -0.4 is 10.6 Å². The first-order valence-corrected chi connectivity index (χ1v) is 10.5. The van der Waals surface area contributed by atoms with Gasteiger partial charge in [-0.2, -0.15) is 0 Å². The summed E-state index contributed by atoms with van der Waals surface area (Å²) < 4.78 is 0.967. The van der Waals surface area contributed by atoms with Crippen LogP contribution >= 0.6 is 69.6 Å². The number of nitrogens with one attached hydrogen (secondary N) is 3. The van der Waals surface area contributed by atoms with E-state index in [1.54, 1.807) is 18.2 Å². The van der Waals surface area contributed by atoms with Gasteiger partial charge in [0.2, 0.25) is 5.90 Å². The molecule has 0 aliphatic rings. The molecule has 0 saturated heterocycles. The molecule has 0 aromatic heterocycles. The van der Waals surface area contributed by atoms with Crippen molar-refractivity contribution in [2.45, 2.75) is 19.7 Å². The summed E-state index contributed by atoms with van der Waals surface area (Å²) in [7, 11) is 0. The van der Waals surface area contributed by atoms with Gasteiger partial charge in [-0.1, -0.05) is 112 Å². The molecule has 1 aromatic rings. The number of alkyl halides is 6. The van der Waals surface area contributed by atoms with Gasteiger partial charge in [0.15, 0.2) is 0 Å². The van der Waals surface area contributed by atoms with Gasteiger partial charge in [0, 0.05) is 6.54 Å². The molecule has 0 radical (unpaired) electrons. The Morgan fingerprint density at radius 3 is 2.28 bits per heavy atom. The fourth-order valence-electron chi connectivity index (χ4n) is 2.21. The molecule has 0 heterocycles. The van der Waals surface area contributed by atoms with E-state index in [1.807, 2.05) is 30.3 Å². The number of ether oxygens (including phenoxy) is 1. The van der Waals surface area contributed by atoms with E-state index in [4.69, 9.17) is 79.8 Å². The maximum atomic E-state index is 12.3. The summed E-state index contributed by atoms with van der Waals surface area (Å²) in [6.07, 6.45) is 4.87. The first-order valence-electron chi connectivity index (χ1n) is 8.19. The SMILES string of the molecule is C=CCN[C@@H](c1ccccc1)[C@@H](/C=C/COC(=N)C(Cl)(Cl)Cl)NC(=O)C(Cl)(Cl)Cl. The lowest BCUT2D eigenvalue weighted by Gasteiger charge is -2.28. The number of rotatable bonds is 9. The fraction of sp³-hybridized carbons (Fsp3) is 0.333. The minimum atomic E-state index is -2.14. The van der Waals surface area contributed by atoms with Crippen LogP contribution in [0.5, 0.6) is 0 Å². The highest BCUT2D eigenvalue weighted by Gasteiger charge is 2.34. The molecule has 0 spiro atoms. The zero-order valence-electron chi connectivity index (χ0n) is 15.0. The van der Waals surface area contributed by atoms with Crippen LogP contribution in [-0.2, 0) is 9.53 Å². The van der Waals surface area contributed by atoms with Crippen molar-refractivity contribution in [2.24, 2.45) is 0 Å². The van der Waals surface area contributed by atoms with E-state index < -0.39 is 25.4 Å². The standard InChI is InChI=1S/C18H19Cl6N3O2/c1-2-10-26-14(12-7-4-3-5-8-12)13(27-16(28)18(22,23)24)9-6-11-29-15(25)17(19,20)21/h2-9,13-14,25-26H,1,10-11H2,(H,27,28)/b9-6+,25-15?/t13-,14+/m1/s1. The predicted molar refractivity (Wildman–Crippen MR) is 123 cm³/mol. The molecule has 0 bridgehead atoms. The number of amides is 1. The number of carbonyl (C=O) groups excluding carboxylic acids is 1. The van der Waals surface area contributed by atoms with Crippen LogP contribution in [0, 0.1) is 5.41 Å². The first-order chi connectivity index (χ1) is 13.5. The monoisotopic (exact) mass is 519 g/mol. The topological polar surface area (TPSA) is 74.2 Å². The number of halogens is 6. The van der Waals surface area contributed by atoms with Gasteiger partial charge in [0.05, 0.1) is 12.1 Å². The Kier molecular flexibility index (Phi) is 11.1. The fourth-order valence-corrected chi connectivity index (χ4v) is 2.54. The van der Waals surface area contributed by atoms with Gasteiger partial charge < -0.3 is 15.4 Å². The molecule has 29 heavy (non-hydrogen) atoms. The molecule has 0 aliphatic carbocycles. The van der Waals surface area contributed by atoms with Crippen molar-refractivity contribution in [3.8, 4) is 0 Å². The highest BCUT2D eigenvalue weighted by molar-refractivity contribution is 6.76. The van der Waals surface area contributed by atoms with Gasteiger partial charge >= 0.3 is 0 Å². The van der Waals surface area contributed by atoms with E-state index >= 15 is 0 Å². The Hall–Kier alpha value is -0.660. The molecule has 1 amide bonds. The van der Waals surface area contributed by atoms with Crippen LogP contribution in [0.4, 0.5) is 0 Å². The van der Waals surface area contributed by atoms with Crippen molar-refractivity contribution in [3.05, 3.63) is 60.7 Å². The third kappa shape index (κ3) is 9.79. The molecular formula is C18H19Cl6N3O2. The van der Waals surface area contributed by atoms with Crippen molar-refractivity contribution in [1.82, 2.24) is 10.6 Å². The van der Waals surface area contributed by atoms with Gasteiger partial charge in [-0.15, -0.1) is 6.58 Å². The lowest BCUT2D eigenvalue weighted by Crippen LogP contribution is -2.47. The first kappa shape index (κ1) is 26.4. The van der Waals surface area contributed by atoms with Crippen molar-refractivity contribution < 1.29 is 9.53 Å². The molecular weight excluding hydrogens is 503 g/mol. The van der Waals surface area contributed by atoms with E-state index in [-0.39, 0.29) is 12.6 Å². The maximum absolute atomic E-state index is 12.3. The van der Waals surface area contributed by atoms with Gasteiger partial charge in [-0.05, 0) is 11.6 Å². The van der Waals surface area contributed by atoms with E-state index in [2.05, 4.69) is 17.2 Å². The highest BCUT2D eigenvalue weighted by Crippen LogP contribution is 2.28. The Labute approximate surface area is 199 Å². The number of hydrogen-bond donors (Lipinski definition) is 3. The van der Waals surface area contributed by atoms with Crippen molar-refractivity contribution >= 4 is 81.4 Å². The van der Waals surface area contributed by atoms with Crippen LogP contribution in [0.15, 0.2) is 55.1 Å².